The molecular formula is C4H10N8O2. The third-order valence-electron chi connectivity index (χ3n) is 0.813. The summed E-state index contributed by atoms with van der Waals surface area (Å²) in [5.74, 6) is -3.60. The second-order valence-electron chi connectivity index (χ2n) is 2.01. The number of amides is 2. The van der Waals surface area contributed by atoms with Gasteiger partial charge in [-0.15, -0.1) is 10.2 Å². The monoisotopic (exact) mass is 202 g/mol. The largest absolute Gasteiger partial charge is 0.369 e. The van der Waals surface area contributed by atoms with Gasteiger partial charge in [0.2, 0.25) is 11.9 Å². The van der Waals surface area contributed by atoms with Crippen LogP contribution in [0.4, 0.5) is 0 Å². The SMILES string of the molecule is NC(=O)C(=O)N(N=C(N)N)N=C(N)N. The van der Waals surface area contributed by atoms with Crippen molar-refractivity contribution in [2.45, 2.75) is 0 Å². The van der Waals surface area contributed by atoms with Gasteiger partial charge in [-0.3, -0.25) is 9.59 Å². The summed E-state index contributed by atoms with van der Waals surface area (Å²) in [7, 11) is 0. The second-order valence-corrected chi connectivity index (χ2v) is 2.01. The van der Waals surface area contributed by atoms with Crippen molar-refractivity contribution in [1.29, 1.82) is 0 Å². The first-order valence-electron chi connectivity index (χ1n) is 3.17. The summed E-state index contributed by atoms with van der Waals surface area (Å²) in [6.45, 7) is 0. The number of nitrogens with zero attached hydrogens (tertiary/aromatic N) is 3. The van der Waals surface area contributed by atoms with Gasteiger partial charge in [0.05, 0.1) is 0 Å². The molecule has 0 aliphatic carbocycles. The Morgan fingerprint density at radius 1 is 0.857 bits per heavy atom. The van der Waals surface area contributed by atoms with Crippen molar-refractivity contribution in [2.75, 3.05) is 0 Å². The van der Waals surface area contributed by atoms with Crippen LogP contribution in [0.2, 0.25) is 0 Å². The van der Waals surface area contributed by atoms with E-state index in [0.29, 0.717) is 0 Å². The zero-order chi connectivity index (χ0) is 11.3. The van der Waals surface area contributed by atoms with E-state index in [1.165, 1.54) is 0 Å². The lowest BCUT2D eigenvalue weighted by atomic mass is 10.6. The highest BCUT2D eigenvalue weighted by atomic mass is 16.2. The third-order valence-corrected chi connectivity index (χ3v) is 0.813. The quantitative estimate of drug-likeness (QED) is 0.130. The standard InChI is InChI=1S/C4H10N8O2/c5-1(13)2(14)12(10-3(6)7)11-4(8)9/h(H2,5,13)(H4,6,7,10)(H4,8,9,11). The molecule has 0 radical (unpaired) electrons. The van der Waals surface area contributed by atoms with E-state index in [0.717, 1.165) is 0 Å². The second kappa shape index (κ2) is 4.49. The molecule has 78 valence electrons. The van der Waals surface area contributed by atoms with Gasteiger partial charge in [0.25, 0.3) is 0 Å². The van der Waals surface area contributed by atoms with Crippen LogP contribution in [-0.2, 0) is 9.59 Å². The maximum absolute atomic E-state index is 10.9. The summed E-state index contributed by atoms with van der Waals surface area (Å²) in [4.78, 5) is 21.4. The lowest BCUT2D eigenvalue weighted by Gasteiger charge is -2.08. The first-order valence-corrected chi connectivity index (χ1v) is 3.17. The van der Waals surface area contributed by atoms with Crippen molar-refractivity contribution in [3.63, 3.8) is 0 Å². The topological polar surface area (TPSA) is 192 Å². The normalized spacial score (nSPS) is 8.57. The van der Waals surface area contributed by atoms with Gasteiger partial charge in [0, 0.05) is 0 Å². The van der Waals surface area contributed by atoms with Gasteiger partial charge in [-0.05, 0) is 0 Å². The molecule has 0 saturated heterocycles. The lowest BCUT2D eigenvalue weighted by molar-refractivity contribution is -0.144. The van der Waals surface area contributed by atoms with E-state index in [-0.39, 0.29) is 5.12 Å². The Hall–Kier alpha value is -2.52. The number of carbonyl (C=O) groups is 2. The third kappa shape index (κ3) is 3.75. The van der Waals surface area contributed by atoms with Gasteiger partial charge in [0.1, 0.15) is 0 Å². The Morgan fingerprint density at radius 2 is 1.21 bits per heavy atom. The van der Waals surface area contributed by atoms with Crippen LogP contribution in [0.15, 0.2) is 10.2 Å². The van der Waals surface area contributed by atoms with Crippen LogP contribution in [0, 0.1) is 0 Å². The molecule has 10 nitrogen and oxygen atoms in total. The lowest BCUT2D eigenvalue weighted by Crippen LogP contribution is -2.39. The Labute approximate surface area is 78.3 Å². The van der Waals surface area contributed by atoms with Crippen molar-refractivity contribution in [3.05, 3.63) is 0 Å². The number of hydrazone groups is 2. The summed E-state index contributed by atoms with van der Waals surface area (Å²) >= 11 is 0. The molecule has 0 saturated carbocycles. The molecule has 0 aromatic heterocycles. The Kier molecular flexibility index (Phi) is 3.68. The average molecular weight is 202 g/mol. The number of rotatable bonds is 2. The smallest absolute Gasteiger partial charge is 0.353 e. The van der Waals surface area contributed by atoms with Crippen LogP contribution < -0.4 is 28.7 Å². The molecule has 0 heterocycles. The van der Waals surface area contributed by atoms with Crippen molar-refractivity contribution < 1.29 is 9.59 Å². The fraction of sp³-hybridized carbons (Fsp3) is 0. The molecule has 0 atom stereocenters. The van der Waals surface area contributed by atoms with E-state index in [2.05, 4.69) is 15.9 Å². The molecule has 0 aromatic carbocycles. The Bertz CT molecular complexity index is 280. The maximum Gasteiger partial charge on any atom is 0.353 e. The molecule has 10 N–H and O–H groups in total. The minimum atomic E-state index is -1.31. The number of hydrogen-bond acceptors (Lipinski definition) is 4. The molecule has 0 aliphatic heterocycles. The van der Waals surface area contributed by atoms with Crippen molar-refractivity contribution >= 4 is 23.7 Å². The van der Waals surface area contributed by atoms with Crippen LogP contribution in [0.25, 0.3) is 0 Å². The number of carbonyl (C=O) groups excluding carboxylic acids is 2. The van der Waals surface area contributed by atoms with E-state index in [1.807, 2.05) is 0 Å². The van der Waals surface area contributed by atoms with Gasteiger partial charge in [-0.2, -0.15) is 0 Å². The molecule has 14 heavy (non-hydrogen) atoms. The molecule has 0 aliphatic rings. The molecular weight excluding hydrogens is 192 g/mol. The van der Waals surface area contributed by atoms with Crippen molar-refractivity contribution in [3.8, 4) is 0 Å². The average Bonchev–Trinajstić information content (AvgIpc) is 1.99. The summed E-state index contributed by atoms with van der Waals surface area (Å²) in [6, 6.07) is 0. The van der Waals surface area contributed by atoms with E-state index in [4.69, 9.17) is 22.9 Å². The Balaban J connectivity index is 4.92. The van der Waals surface area contributed by atoms with E-state index in [9.17, 15) is 9.59 Å². The van der Waals surface area contributed by atoms with Gasteiger partial charge in [-0.1, -0.05) is 5.12 Å². The highest BCUT2D eigenvalue weighted by Crippen LogP contribution is 1.90. The summed E-state index contributed by atoms with van der Waals surface area (Å²) < 4.78 is 0. The maximum atomic E-state index is 10.9. The molecule has 0 fully saturated rings. The van der Waals surface area contributed by atoms with Gasteiger partial charge < -0.3 is 28.7 Å². The van der Waals surface area contributed by atoms with Crippen LogP contribution in [-0.4, -0.2) is 28.9 Å². The molecule has 0 rings (SSSR count). The van der Waals surface area contributed by atoms with Crippen LogP contribution >= 0.6 is 0 Å². The molecule has 0 aromatic rings. The van der Waals surface area contributed by atoms with Crippen LogP contribution in [0.3, 0.4) is 0 Å². The molecule has 0 bridgehead atoms. The molecule has 0 unspecified atom stereocenters. The molecule has 2 amide bonds. The van der Waals surface area contributed by atoms with Gasteiger partial charge in [-0.25, -0.2) is 0 Å². The first-order chi connectivity index (χ1) is 6.34. The number of nitrogens with two attached hydrogens (primary N) is 5. The first kappa shape index (κ1) is 11.5. The minimum Gasteiger partial charge on any atom is -0.369 e. The minimum absolute atomic E-state index is 0.201. The summed E-state index contributed by atoms with van der Waals surface area (Å²) in [6.07, 6.45) is 0. The summed E-state index contributed by atoms with van der Waals surface area (Å²) in [5.41, 5.74) is 24.4. The fourth-order valence-corrected chi connectivity index (χ4v) is 0.430. The van der Waals surface area contributed by atoms with Gasteiger partial charge >= 0.3 is 11.8 Å². The predicted molar refractivity (Wildman–Crippen MR) is 47.7 cm³/mol. The molecule has 0 spiro atoms. The highest BCUT2D eigenvalue weighted by molar-refractivity contribution is 6.34. The van der Waals surface area contributed by atoms with E-state index >= 15 is 0 Å². The van der Waals surface area contributed by atoms with Crippen LogP contribution in [0.1, 0.15) is 0 Å². The highest BCUT2D eigenvalue weighted by Gasteiger charge is 2.18. The number of guanidine groups is 2. The molecule has 10 heteroatoms. The zero-order valence-electron chi connectivity index (χ0n) is 7.04. The van der Waals surface area contributed by atoms with Crippen molar-refractivity contribution in [2.24, 2.45) is 38.9 Å². The zero-order valence-corrected chi connectivity index (χ0v) is 7.04. The van der Waals surface area contributed by atoms with E-state index in [1.54, 1.807) is 0 Å². The fourth-order valence-electron chi connectivity index (χ4n) is 0.430. The van der Waals surface area contributed by atoms with Crippen molar-refractivity contribution in [1.82, 2.24) is 5.12 Å². The Morgan fingerprint density at radius 3 is 1.43 bits per heavy atom. The predicted octanol–water partition coefficient (Wildman–Crippen LogP) is -4.32. The summed E-state index contributed by atoms with van der Waals surface area (Å²) in [5, 5.41) is 6.49. The van der Waals surface area contributed by atoms with Crippen LogP contribution in [0.5, 0.6) is 0 Å². The number of primary amides is 1. The van der Waals surface area contributed by atoms with Gasteiger partial charge in [0.15, 0.2) is 0 Å². The van der Waals surface area contributed by atoms with E-state index < -0.39 is 23.7 Å². The number of hydrogen-bond donors (Lipinski definition) is 5.